The average Bonchev–Trinajstić information content (AvgIpc) is 3.88. The van der Waals surface area contributed by atoms with Gasteiger partial charge < -0.3 is 18.8 Å². The Hall–Kier alpha value is -4.27. The normalized spacial score (nSPS) is 21.6. The number of piperidine rings is 1. The summed E-state index contributed by atoms with van der Waals surface area (Å²) in [7, 11) is 0. The number of fused-ring (bicyclic) bond motifs is 2. The van der Waals surface area contributed by atoms with Crippen LogP contribution in [0, 0.1) is 5.82 Å². The fourth-order valence-corrected chi connectivity index (χ4v) is 7.20. The van der Waals surface area contributed by atoms with Gasteiger partial charge in [-0.1, -0.05) is 23.7 Å². The molecule has 2 unspecified atom stereocenters. The van der Waals surface area contributed by atoms with Crippen molar-refractivity contribution in [3.63, 3.8) is 0 Å². The standard InChI is InChI=1S/C34H32ClF4N7O3/c1-33(24-8-7-21(35)15-25(24)36)48-27-6-2-5-23(29(27)49-33)19-9-11-45(12-10-19)18-28-41-26-14-20(30-42-32(44-43-30)34(37,38)39)16-40-31(26)46(28)17-22-4-3-13-47-22/h2,5-8,14-16,19,22H,3-4,9-13,17-18H2,1H3,(H,42,43,44). The maximum atomic E-state index is 14.9. The molecule has 49 heavy (non-hydrogen) atoms. The number of aromatic amines is 1. The van der Waals surface area contributed by atoms with Crippen molar-refractivity contribution in [2.24, 2.45) is 0 Å². The van der Waals surface area contributed by atoms with Crippen molar-refractivity contribution in [3.05, 3.63) is 82.3 Å². The molecule has 0 amide bonds. The van der Waals surface area contributed by atoms with Crippen molar-refractivity contribution >= 4 is 22.8 Å². The summed E-state index contributed by atoms with van der Waals surface area (Å²) in [5.74, 6) is -0.875. The molecule has 2 fully saturated rings. The van der Waals surface area contributed by atoms with Crippen LogP contribution >= 0.6 is 11.6 Å². The minimum absolute atomic E-state index is 0.0279. The average molecular weight is 698 g/mol. The van der Waals surface area contributed by atoms with Crippen LogP contribution < -0.4 is 9.47 Å². The molecule has 0 aliphatic carbocycles. The molecule has 10 nitrogen and oxygen atoms in total. The van der Waals surface area contributed by atoms with E-state index in [0.29, 0.717) is 52.9 Å². The Balaban J connectivity index is 1.01. The highest BCUT2D eigenvalue weighted by atomic mass is 35.5. The third kappa shape index (κ3) is 6.10. The van der Waals surface area contributed by atoms with Crippen molar-refractivity contribution in [1.29, 1.82) is 0 Å². The second kappa shape index (κ2) is 12.3. The molecule has 6 heterocycles. The number of imidazole rings is 1. The van der Waals surface area contributed by atoms with E-state index in [4.69, 9.17) is 30.8 Å². The van der Waals surface area contributed by atoms with Gasteiger partial charge in [0.15, 0.2) is 23.0 Å². The smallest absolute Gasteiger partial charge is 0.444 e. The van der Waals surface area contributed by atoms with Gasteiger partial charge >= 0.3 is 6.18 Å². The first-order valence-electron chi connectivity index (χ1n) is 16.2. The zero-order valence-electron chi connectivity index (χ0n) is 26.4. The van der Waals surface area contributed by atoms with Crippen LogP contribution in [0.4, 0.5) is 17.6 Å². The van der Waals surface area contributed by atoms with Gasteiger partial charge in [0.05, 0.1) is 24.8 Å². The van der Waals surface area contributed by atoms with Crippen LogP contribution in [0.5, 0.6) is 11.5 Å². The number of para-hydroxylation sites is 1. The van der Waals surface area contributed by atoms with Gasteiger partial charge in [-0.2, -0.15) is 18.3 Å². The SMILES string of the molecule is CC1(c2ccc(Cl)cc2F)Oc2cccc(C3CCN(Cc4nc5cc(-c6n[nH]c(C(F)(F)F)n6)cnc5n4CC4CCCO4)CC3)c2O1. The number of hydrogen-bond acceptors (Lipinski definition) is 8. The minimum atomic E-state index is -4.63. The predicted octanol–water partition coefficient (Wildman–Crippen LogP) is 7.23. The lowest BCUT2D eigenvalue weighted by molar-refractivity contribution is -0.144. The van der Waals surface area contributed by atoms with E-state index in [2.05, 4.69) is 24.5 Å². The number of likely N-dealkylation sites (tertiary alicyclic amines) is 1. The van der Waals surface area contributed by atoms with Crippen LogP contribution in [-0.2, 0) is 29.8 Å². The Morgan fingerprint density at radius 2 is 1.90 bits per heavy atom. The molecule has 0 radical (unpaired) electrons. The summed E-state index contributed by atoms with van der Waals surface area (Å²) in [5.41, 5.74) is 2.82. The number of nitrogens with one attached hydrogen (secondary N) is 1. The number of ether oxygens (including phenoxy) is 3. The number of nitrogens with zero attached hydrogens (tertiary/aromatic N) is 6. The first-order chi connectivity index (χ1) is 23.5. The second-order valence-electron chi connectivity index (χ2n) is 12.8. The fraction of sp³-hybridized carbons (Fsp3) is 0.412. The van der Waals surface area contributed by atoms with E-state index >= 15 is 0 Å². The van der Waals surface area contributed by atoms with Gasteiger partial charge in [-0.15, -0.1) is 0 Å². The number of alkyl halides is 3. The summed E-state index contributed by atoms with van der Waals surface area (Å²) in [5, 5.41) is 6.01. The van der Waals surface area contributed by atoms with Crippen LogP contribution in [0.3, 0.4) is 0 Å². The van der Waals surface area contributed by atoms with E-state index in [-0.39, 0.29) is 23.4 Å². The summed E-state index contributed by atoms with van der Waals surface area (Å²) in [4.78, 5) is 15.5. The molecule has 5 aromatic rings. The Bertz CT molecular complexity index is 2020. The summed E-state index contributed by atoms with van der Waals surface area (Å²) < 4.78 is 74.8. The summed E-state index contributed by atoms with van der Waals surface area (Å²) in [6.45, 7) is 5.13. The zero-order valence-corrected chi connectivity index (χ0v) is 27.2. The van der Waals surface area contributed by atoms with Gasteiger partial charge in [0.2, 0.25) is 5.82 Å². The first-order valence-corrected chi connectivity index (χ1v) is 16.6. The summed E-state index contributed by atoms with van der Waals surface area (Å²) >= 11 is 5.98. The Morgan fingerprint density at radius 1 is 1.06 bits per heavy atom. The van der Waals surface area contributed by atoms with Gasteiger partial charge in [-0.05, 0) is 75.0 Å². The van der Waals surface area contributed by atoms with Crippen molar-refractivity contribution in [3.8, 4) is 22.9 Å². The molecule has 15 heteroatoms. The van der Waals surface area contributed by atoms with E-state index in [1.807, 2.05) is 23.3 Å². The molecule has 3 aliphatic heterocycles. The third-order valence-electron chi connectivity index (χ3n) is 9.51. The quantitative estimate of drug-likeness (QED) is 0.178. The molecule has 0 bridgehead atoms. The lowest BCUT2D eigenvalue weighted by atomic mass is 9.88. The van der Waals surface area contributed by atoms with Gasteiger partial charge in [0.25, 0.3) is 5.79 Å². The number of pyridine rings is 1. The maximum absolute atomic E-state index is 14.9. The zero-order chi connectivity index (χ0) is 33.9. The number of halogens is 5. The van der Waals surface area contributed by atoms with Crippen molar-refractivity contribution in [2.45, 2.75) is 69.7 Å². The molecule has 2 saturated heterocycles. The van der Waals surface area contributed by atoms with Crippen LogP contribution in [0.1, 0.15) is 61.3 Å². The van der Waals surface area contributed by atoms with Crippen molar-refractivity contribution < 1.29 is 31.8 Å². The maximum Gasteiger partial charge on any atom is 0.451 e. The van der Waals surface area contributed by atoms with Crippen LogP contribution in [0.25, 0.3) is 22.6 Å². The molecule has 3 aliphatic rings. The number of aromatic nitrogens is 6. The molecule has 0 spiro atoms. The molecule has 0 saturated carbocycles. The van der Waals surface area contributed by atoms with Crippen LogP contribution in [0.15, 0.2) is 48.7 Å². The van der Waals surface area contributed by atoms with E-state index in [1.165, 1.54) is 12.3 Å². The Kier molecular flexibility index (Phi) is 7.99. The molecular weight excluding hydrogens is 666 g/mol. The molecule has 3 aromatic heterocycles. The Labute approximate surface area is 283 Å². The number of H-pyrrole nitrogens is 1. The second-order valence-corrected chi connectivity index (χ2v) is 13.3. The van der Waals surface area contributed by atoms with E-state index < -0.39 is 23.6 Å². The summed E-state index contributed by atoms with van der Waals surface area (Å²) in [6, 6.07) is 11.9. The monoisotopic (exact) mass is 697 g/mol. The van der Waals surface area contributed by atoms with Gasteiger partial charge in [0.1, 0.15) is 17.2 Å². The lowest BCUT2D eigenvalue weighted by Gasteiger charge is -2.32. The molecular formula is C34H32ClF4N7O3. The number of hydrogen-bond donors (Lipinski definition) is 1. The number of benzene rings is 2. The van der Waals surface area contributed by atoms with Crippen molar-refractivity contribution in [2.75, 3.05) is 19.7 Å². The molecule has 2 atom stereocenters. The highest BCUT2D eigenvalue weighted by Gasteiger charge is 2.43. The topological polar surface area (TPSA) is 103 Å². The largest absolute Gasteiger partial charge is 0.451 e. The van der Waals surface area contributed by atoms with Crippen LogP contribution in [0.2, 0.25) is 5.02 Å². The van der Waals surface area contributed by atoms with Crippen LogP contribution in [-0.4, -0.2) is 60.4 Å². The van der Waals surface area contributed by atoms with E-state index in [9.17, 15) is 17.6 Å². The molecule has 256 valence electrons. The molecule has 1 N–H and O–H groups in total. The van der Waals surface area contributed by atoms with Gasteiger partial charge in [-0.25, -0.2) is 19.3 Å². The fourth-order valence-electron chi connectivity index (χ4n) is 7.04. The minimum Gasteiger partial charge on any atom is -0.444 e. The highest BCUT2D eigenvalue weighted by molar-refractivity contribution is 6.30. The van der Waals surface area contributed by atoms with E-state index in [1.54, 1.807) is 25.1 Å². The summed E-state index contributed by atoms with van der Waals surface area (Å²) in [6.07, 6.45) is 0.488. The van der Waals surface area contributed by atoms with Gasteiger partial charge in [-0.3, -0.25) is 10.00 Å². The number of rotatable bonds is 7. The van der Waals surface area contributed by atoms with Crippen molar-refractivity contribution in [1.82, 2.24) is 34.6 Å². The highest BCUT2D eigenvalue weighted by Crippen LogP contribution is 2.50. The van der Waals surface area contributed by atoms with Gasteiger partial charge in [0, 0.05) is 35.9 Å². The molecule has 8 rings (SSSR count). The first kappa shape index (κ1) is 32.0. The lowest BCUT2D eigenvalue weighted by Crippen LogP contribution is -2.34. The third-order valence-corrected chi connectivity index (χ3v) is 9.75. The van der Waals surface area contributed by atoms with E-state index in [0.717, 1.165) is 50.2 Å². The molecule has 2 aromatic carbocycles. The predicted molar refractivity (Wildman–Crippen MR) is 171 cm³/mol. The Morgan fingerprint density at radius 3 is 2.63 bits per heavy atom.